The van der Waals surface area contributed by atoms with Crippen molar-refractivity contribution in [1.29, 1.82) is 0 Å². The minimum Gasteiger partial charge on any atom is -0.343 e. The van der Waals surface area contributed by atoms with Crippen molar-refractivity contribution in [3.8, 4) is 0 Å². The summed E-state index contributed by atoms with van der Waals surface area (Å²) in [5, 5.41) is 0. The first-order chi connectivity index (χ1) is 15.2. The van der Waals surface area contributed by atoms with Crippen LogP contribution in [0.4, 0.5) is 5.69 Å². The Bertz CT molecular complexity index is 1320. The Morgan fingerprint density at radius 3 is 2.56 bits per heavy atom. The lowest BCUT2D eigenvalue weighted by molar-refractivity contribution is -0.132. The Hall–Kier alpha value is -2.65. The van der Waals surface area contributed by atoms with Crippen LogP contribution in [0, 0.1) is 13.8 Å². The van der Waals surface area contributed by atoms with Crippen LogP contribution in [0.3, 0.4) is 0 Å². The molecule has 0 saturated carbocycles. The normalized spacial score (nSPS) is 14.6. The number of aryl methyl sites for hydroxylation is 3. The molecule has 0 atom stereocenters. The molecule has 4 rings (SSSR count). The van der Waals surface area contributed by atoms with Crippen molar-refractivity contribution in [2.24, 2.45) is 0 Å². The fraction of sp³-hybridized carbons (Fsp3) is 0.391. The van der Waals surface area contributed by atoms with Gasteiger partial charge >= 0.3 is 4.87 Å². The zero-order valence-corrected chi connectivity index (χ0v) is 19.9. The van der Waals surface area contributed by atoms with Gasteiger partial charge in [-0.1, -0.05) is 23.5 Å². The molecule has 1 amide bonds. The molecule has 1 saturated heterocycles. The van der Waals surface area contributed by atoms with E-state index in [1.165, 1.54) is 12.1 Å². The number of carbonyl (C=O) groups excluding carboxylic acids is 1. The molecule has 2 aromatic carbocycles. The van der Waals surface area contributed by atoms with Crippen LogP contribution >= 0.6 is 11.3 Å². The summed E-state index contributed by atoms with van der Waals surface area (Å²) < 4.78 is 30.7. The summed E-state index contributed by atoms with van der Waals surface area (Å²) in [5.41, 5.74) is 2.97. The van der Waals surface area contributed by atoms with Gasteiger partial charge in [-0.05, 0) is 68.5 Å². The van der Waals surface area contributed by atoms with Crippen molar-refractivity contribution in [2.45, 2.75) is 51.0 Å². The number of likely N-dealkylation sites (tertiary alicyclic amines) is 1. The van der Waals surface area contributed by atoms with E-state index in [-0.39, 0.29) is 22.1 Å². The summed E-state index contributed by atoms with van der Waals surface area (Å²) >= 11 is 0.998. The molecule has 1 aliphatic heterocycles. The molecule has 2 heterocycles. The van der Waals surface area contributed by atoms with E-state index in [1.54, 1.807) is 16.7 Å². The number of sulfonamides is 1. The maximum atomic E-state index is 12.9. The lowest BCUT2D eigenvalue weighted by Gasteiger charge is -2.26. The van der Waals surface area contributed by atoms with Gasteiger partial charge in [0, 0.05) is 26.1 Å². The predicted molar refractivity (Wildman–Crippen MR) is 128 cm³/mol. The third kappa shape index (κ3) is 4.73. The fourth-order valence-electron chi connectivity index (χ4n) is 3.98. The van der Waals surface area contributed by atoms with Crippen LogP contribution in [0.1, 0.15) is 36.8 Å². The smallest absolute Gasteiger partial charge is 0.308 e. The number of piperidine rings is 1. The van der Waals surface area contributed by atoms with Crippen molar-refractivity contribution < 1.29 is 13.2 Å². The molecule has 1 fully saturated rings. The highest BCUT2D eigenvalue weighted by Gasteiger charge is 2.20. The van der Waals surface area contributed by atoms with Crippen LogP contribution in [0.25, 0.3) is 10.2 Å². The first-order valence-electron chi connectivity index (χ1n) is 10.8. The molecule has 0 aliphatic carbocycles. The molecule has 0 spiro atoms. The van der Waals surface area contributed by atoms with Crippen molar-refractivity contribution in [3.05, 3.63) is 57.2 Å². The Morgan fingerprint density at radius 1 is 1.06 bits per heavy atom. The van der Waals surface area contributed by atoms with Gasteiger partial charge in [0.2, 0.25) is 5.91 Å². The van der Waals surface area contributed by atoms with Gasteiger partial charge in [0.1, 0.15) is 0 Å². The fourth-order valence-corrected chi connectivity index (χ4v) is 6.16. The average molecular weight is 474 g/mol. The standard InChI is InChI=1S/C23H27N3O4S2/c1-16-6-7-17(2)19(14-16)24-32(29,30)18-8-9-20-21(15-18)31-23(28)26(20)13-10-22(27)25-11-4-3-5-12-25/h6-9,14-15,24H,3-5,10-13H2,1-2H3. The SMILES string of the molecule is Cc1ccc(C)c(NS(=O)(=O)c2ccc3c(c2)sc(=O)n3CCC(=O)N2CCCCC2)c1. The second-order valence-corrected chi connectivity index (χ2v) is 10.9. The van der Waals surface area contributed by atoms with Crippen LogP contribution in [0.15, 0.2) is 46.1 Å². The van der Waals surface area contributed by atoms with Gasteiger partial charge in [-0.2, -0.15) is 0 Å². The number of thiazole rings is 1. The van der Waals surface area contributed by atoms with E-state index in [9.17, 15) is 18.0 Å². The van der Waals surface area contributed by atoms with Crippen LogP contribution in [0.5, 0.6) is 0 Å². The summed E-state index contributed by atoms with van der Waals surface area (Å²) in [7, 11) is -3.80. The van der Waals surface area contributed by atoms with E-state index in [2.05, 4.69) is 4.72 Å². The molecular weight excluding hydrogens is 446 g/mol. The number of nitrogens with zero attached hydrogens (tertiary/aromatic N) is 2. The maximum Gasteiger partial charge on any atom is 0.308 e. The first kappa shape index (κ1) is 22.5. The minimum atomic E-state index is -3.80. The number of hydrogen-bond acceptors (Lipinski definition) is 5. The van der Waals surface area contributed by atoms with E-state index in [1.807, 2.05) is 30.9 Å². The van der Waals surface area contributed by atoms with Gasteiger partial charge in [-0.25, -0.2) is 8.42 Å². The van der Waals surface area contributed by atoms with Gasteiger partial charge in [-0.15, -0.1) is 0 Å². The third-order valence-corrected chi connectivity index (χ3v) is 8.15. The number of amides is 1. The Labute approximate surface area is 191 Å². The van der Waals surface area contributed by atoms with E-state index >= 15 is 0 Å². The Kier molecular flexibility index (Phi) is 6.39. The minimum absolute atomic E-state index is 0.0628. The molecule has 0 radical (unpaired) electrons. The lowest BCUT2D eigenvalue weighted by atomic mass is 10.1. The molecule has 0 bridgehead atoms. The molecule has 9 heteroatoms. The van der Waals surface area contributed by atoms with E-state index in [0.717, 1.165) is 54.8 Å². The lowest BCUT2D eigenvalue weighted by Crippen LogP contribution is -2.36. The number of anilines is 1. The number of benzene rings is 2. The maximum absolute atomic E-state index is 12.9. The number of hydrogen-bond donors (Lipinski definition) is 1. The zero-order chi connectivity index (χ0) is 22.9. The second-order valence-electron chi connectivity index (χ2n) is 8.26. The predicted octanol–water partition coefficient (Wildman–Crippen LogP) is 3.88. The van der Waals surface area contributed by atoms with Gasteiger partial charge < -0.3 is 4.90 Å². The highest BCUT2D eigenvalue weighted by atomic mass is 32.2. The van der Waals surface area contributed by atoms with Gasteiger partial charge in [0.15, 0.2) is 0 Å². The molecular formula is C23H27N3O4S2. The third-order valence-electron chi connectivity index (χ3n) is 5.85. The van der Waals surface area contributed by atoms with E-state index in [4.69, 9.17) is 0 Å². The van der Waals surface area contributed by atoms with Gasteiger partial charge in [0.25, 0.3) is 10.0 Å². The van der Waals surface area contributed by atoms with Crippen LogP contribution in [-0.2, 0) is 21.4 Å². The number of carbonyl (C=O) groups is 1. The molecule has 170 valence electrons. The summed E-state index contributed by atoms with van der Waals surface area (Å²) in [6.07, 6.45) is 3.47. The molecule has 1 aromatic heterocycles. The zero-order valence-electron chi connectivity index (χ0n) is 18.3. The highest BCUT2D eigenvalue weighted by Crippen LogP contribution is 2.25. The van der Waals surface area contributed by atoms with Crippen molar-refractivity contribution in [1.82, 2.24) is 9.47 Å². The number of nitrogens with one attached hydrogen (secondary N) is 1. The number of fused-ring (bicyclic) bond motifs is 1. The van der Waals surface area contributed by atoms with Crippen molar-refractivity contribution in [2.75, 3.05) is 17.8 Å². The molecule has 0 unspecified atom stereocenters. The van der Waals surface area contributed by atoms with Crippen molar-refractivity contribution >= 4 is 43.2 Å². The molecule has 7 nitrogen and oxygen atoms in total. The topological polar surface area (TPSA) is 88.5 Å². The molecule has 1 N–H and O–H groups in total. The summed E-state index contributed by atoms with van der Waals surface area (Å²) in [6, 6.07) is 10.3. The Morgan fingerprint density at radius 2 is 1.81 bits per heavy atom. The van der Waals surface area contributed by atoms with Gasteiger partial charge in [-0.3, -0.25) is 18.9 Å². The number of aromatic nitrogens is 1. The Balaban J connectivity index is 1.55. The van der Waals surface area contributed by atoms with Crippen LogP contribution < -0.4 is 9.60 Å². The quantitative estimate of drug-likeness (QED) is 0.588. The second kappa shape index (κ2) is 9.07. The van der Waals surface area contributed by atoms with Gasteiger partial charge in [0.05, 0.1) is 20.8 Å². The average Bonchev–Trinajstić information content (AvgIpc) is 3.09. The van der Waals surface area contributed by atoms with E-state index in [0.29, 0.717) is 22.4 Å². The molecule has 32 heavy (non-hydrogen) atoms. The summed E-state index contributed by atoms with van der Waals surface area (Å²) in [5.74, 6) is 0.0628. The first-order valence-corrected chi connectivity index (χ1v) is 13.1. The van der Waals surface area contributed by atoms with Crippen molar-refractivity contribution in [3.63, 3.8) is 0 Å². The highest BCUT2D eigenvalue weighted by molar-refractivity contribution is 7.92. The largest absolute Gasteiger partial charge is 0.343 e. The summed E-state index contributed by atoms with van der Waals surface area (Å²) in [4.78, 5) is 26.8. The molecule has 3 aromatic rings. The van der Waals surface area contributed by atoms with Crippen LogP contribution in [-0.4, -0.2) is 36.9 Å². The van der Waals surface area contributed by atoms with Crippen LogP contribution in [0.2, 0.25) is 0 Å². The molecule has 1 aliphatic rings. The summed E-state index contributed by atoms with van der Waals surface area (Å²) in [6.45, 7) is 5.61. The number of rotatable bonds is 6. The monoisotopic (exact) mass is 473 g/mol. The van der Waals surface area contributed by atoms with E-state index < -0.39 is 10.0 Å².